The Hall–Kier alpha value is -3.33. The Balaban J connectivity index is 1.72. The maximum Gasteiger partial charge on any atom is 0.573 e. The lowest BCUT2D eigenvalue weighted by molar-refractivity contribution is -0.274. The van der Waals surface area contributed by atoms with E-state index in [0.717, 1.165) is 12.1 Å². The Bertz CT molecular complexity index is 971. The van der Waals surface area contributed by atoms with Gasteiger partial charge in [-0.25, -0.2) is 0 Å². The van der Waals surface area contributed by atoms with Crippen LogP contribution in [0, 0.1) is 0 Å². The summed E-state index contributed by atoms with van der Waals surface area (Å²) in [7, 11) is 0. The number of alkyl halides is 3. The minimum absolute atomic E-state index is 0.210. The van der Waals surface area contributed by atoms with Crippen LogP contribution in [-0.4, -0.2) is 18.2 Å². The number of benzene rings is 2. The molecule has 0 saturated carbocycles. The van der Waals surface area contributed by atoms with Crippen molar-refractivity contribution >= 4 is 34.5 Å². The molecule has 0 atom stereocenters. The average molecular weight is 406 g/mol. The summed E-state index contributed by atoms with van der Waals surface area (Å²) in [5, 5.41) is 8.69. The highest BCUT2D eigenvalue weighted by Crippen LogP contribution is 2.25. The second-order valence-electron chi connectivity index (χ2n) is 5.54. The number of hydrogen-bond acceptors (Lipinski definition) is 4. The van der Waals surface area contributed by atoms with E-state index in [1.54, 1.807) is 35.0 Å². The Kier molecular flexibility index (Phi) is 5.65. The molecule has 0 fully saturated rings. The predicted octanol–water partition coefficient (Wildman–Crippen LogP) is 5.15. The molecule has 2 amide bonds. The van der Waals surface area contributed by atoms with Crippen LogP contribution in [0.15, 0.2) is 65.4 Å². The van der Waals surface area contributed by atoms with Crippen LogP contribution >= 0.6 is 11.3 Å². The van der Waals surface area contributed by atoms with Gasteiger partial charge in [0.1, 0.15) is 5.75 Å². The van der Waals surface area contributed by atoms with E-state index in [1.165, 1.54) is 29.5 Å². The summed E-state index contributed by atoms with van der Waals surface area (Å²) in [5.74, 6) is -1.27. The maximum absolute atomic E-state index is 12.5. The molecule has 3 aromatic rings. The van der Waals surface area contributed by atoms with Gasteiger partial charge in [0.2, 0.25) is 0 Å². The summed E-state index contributed by atoms with van der Waals surface area (Å²) in [5.41, 5.74) is 1.27. The lowest BCUT2D eigenvalue weighted by atomic mass is 10.1. The highest BCUT2D eigenvalue weighted by Gasteiger charge is 2.31. The van der Waals surface area contributed by atoms with Gasteiger partial charge in [-0.2, -0.15) is 11.3 Å². The number of halogens is 3. The van der Waals surface area contributed by atoms with E-state index in [2.05, 4.69) is 15.4 Å². The van der Waals surface area contributed by atoms with Crippen LogP contribution in [0.2, 0.25) is 0 Å². The quantitative estimate of drug-likeness (QED) is 0.616. The molecule has 0 spiro atoms. The smallest absolute Gasteiger partial charge is 0.406 e. The third-order valence-corrected chi connectivity index (χ3v) is 4.23. The number of ether oxygens (including phenoxy) is 1. The number of nitrogens with one attached hydrogen (secondary N) is 2. The second kappa shape index (κ2) is 8.13. The molecule has 3 rings (SSSR count). The van der Waals surface area contributed by atoms with Gasteiger partial charge in [-0.15, -0.1) is 13.2 Å². The lowest BCUT2D eigenvalue weighted by Gasteiger charge is -2.12. The molecule has 0 radical (unpaired) electrons. The molecule has 2 N–H and O–H groups in total. The van der Waals surface area contributed by atoms with Gasteiger partial charge in [0.15, 0.2) is 0 Å². The Morgan fingerprint density at radius 1 is 0.893 bits per heavy atom. The van der Waals surface area contributed by atoms with Crippen LogP contribution in [0.5, 0.6) is 5.75 Å². The van der Waals surface area contributed by atoms with Crippen molar-refractivity contribution in [2.45, 2.75) is 6.36 Å². The molecule has 144 valence electrons. The molecule has 0 aliphatic carbocycles. The molecule has 0 bridgehead atoms. The molecule has 0 aliphatic rings. The third-order valence-electron chi connectivity index (χ3n) is 3.55. The number of anilines is 2. The number of para-hydroxylation sites is 1. The molecular weight excluding hydrogens is 393 g/mol. The maximum atomic E-state index is 12.5. The van der Waals surface area contributed by atoms with Crippen LogP contribution in [-0.2, 0) is 0 Å². The Morgan fingerprint density at radius 2 is 1.61 bits per heavy atom. The first-order valence-corrected chi connectivity index (χ1v) is 8.86. The molecular formula is C19H13F3N2O3S. The van der Waals surface area contributed by atoms with Crippen molar-refractivity contribution in [2.24, 2.45) is 0 Å². The molecule has 0 saturated heterocycles. The van der Waals surface area contributed by atoms with Gasteiger partial charge >= 0.3 is 6.36 Å². The van der Waals surface area contributed by atoms with Crippen molar-refractivity contribution in [1.82, 2.24) is 0 Å². The van der Waals surface area contributed by atoms with Crippen LogP contribution in [0.3, 0.4) is 0 Å². The van der Waals surface area contributed by atoms with E-state index in [1.807, 2.05) is 0 Å². The predicted molar refractivity (Wildman–Crippen MR) is 99.8 cm³/mol. The van der Waals surface area contributed by atoms with Gasteiger partial charge in [0.25, 0.3) is 11.8 Å². The van der Waals surface area contributed by atoms with E-state index in [9.17, 15) is 22.8 Å². The van der Waals surface area contributed by atoms with Crippen molar-refractivity contribution in [3.63, 3.8) is 0 Å². The summed E-state index contributed by atoms with van der Waals surface area (Å²) in [6, 6.07) is 12.8. The van der Waals surface area contributed by atoms with Gasteiger partial charge in [-0.3, -0.25) is 9.59 Å². The number of rotatable bonds is 5. The number of carbonyl (C=O) groups excluding carboxylic acids is 2. The minimum atomic E-state index is -4.79. The van der Waals surface area contributed by atoms with Gasteiger partial charge in [-0.1, -0.05) is 12.1 Å². The average Bonchev–Trinajstić information content (AvgIpc) is 3.17. The van der Waals surface area contributed by atoms with Crippen molar-refractivity contribution in [2.75, 3.05) is 10.6 Å². The first kappa shape index (κ1) is 19.4. The minimum Gasteiger partial charge on any atom is -0.406 e. The molecule has 5 nitrogen and oxygen atoms in total. The molecule has 1 aromatic heterocycles. The van der Waals surface area contributed by atoms with Crippen LogP contribution < -0.4 is 15.4 Å². The van der Waals surface area contributed by atoms with Crippen LogP contribution in [0.25, 0.3) is 0 Å². The van der Waals surface area contributed by atoms with E-state index in [-0.39, 0.29) is 17.2 Å². The van der Waals surface area contributed by atoms with E-state index >= 15 is 0 Å². The molecule has 0 aliphatic heterocycles. The molecule has 9 heteroatoms. The largest absolute Gasteiger partial charge is 0.573 e. The molecule has 1 heterocycles. The fraction of sp³-hybridized carbons (Fsp3) is 0.0526. The third kappa shape index (κ3) is 5.10. The number of thiophene rings is 1. The highest BCUT2D eigenvalue weighted by molar-refractivity contribution is 7.08. The number of carbonyl (C=O) groups is 2. The monoisotopic (exact) mass is 406 g/mol. The van der Waals surface area contributed by atoms with Gasteiger partial charge in [0, 0.05) is 11.1 Å². The fourth-order valence-corrected chi connectivity index (χ4v) is 2.95. The molecule has 28 heavy (non-hydrogen) atoms. The first-order chi connectivity index (χ1) is 13.3. The van der Waals surface area contributed by atoms with Crippen molar-refractivity contribution < 1.29 is 27.5 Å². The fourth-order valence-electron chi connectivity index (χ4n) is 2.32. The molecule has 2 aromatic carbocycles. The Morgan fingerprint density at radius 3 is 2.25 bits per heavy atom. The molecule has 0 unspecified atom stereocenters. The van der Waals surface area contributed by atoms with Gasteiger partial charge in [-0.05, 0) is 47.8 Å². The van der Waals surface area contributed by atoms with Gasteiger partial charge in [0.05, 0.1) is 16.8 Å². The van der Waals surface area contributed by atoms with Crippen molar-refractivity contribution in [3.05, 3.63) is 76.5 Å². The first-order valence-electron chi connectivity index (χ1n) is 7.91. The summed E-state index contributed by atoms with van der Waals surface area (Å²) >= 11 is 1.37. The zero-order valence-corrected chi connectivity index (χ0v) is 14.9. The van der Waals surface area contributed by atoms with E-state index < -0.39 is 18.0 Å². The van der Waals surface area contributed by atoms with Crippen molar-refractivity contribution in [1.29, 1.82) is 0 Å². The van der Waals surface area contributed by atoms with Crippen LogP contribution in [0.4, 0.5) is 24.5 Å². The van der Waals surface area contributed by atoms with E-state index in [0.29, 0.717) is 11.3 Å². The normalized spacial score (nSPS) is 11.0. The number of amides is 2. The highest BCUT2D eigenvalue weighted by atomic mass is 32.1. The summed E-state index contributed by atoms with van der Waals surface area (Å²) in [4.78, 5) is 24.8. The second-order valence-corrected chi connectivity index (χ2v) is 6.32. The zero-order valence-electron chi connectivity index (χ0n) is 14.1. The Labute approximate surface area is 161 Å². The summed E-state index contributed by atoms with van der Waals surface area (Å²) < 4.78 is 40.4. The zero-order chi connectivity index (χ0) is 20.1. The SMILES string of the molecule is O=C(Nc1ccccc1C(=O)Nc1ccc(OC(F)(F)F)cc1)c1ccsc1. The van der Waals surface area contributed by atoms with Gasteiger partial charge < -0.3 is 15.4 Å². The lowest BCUT2D eigenvalue weighted by Crippen LogP contribution is -2.18. The topological polar surface area (TPSA) is 67.4 Å². The van der Waals surface area contributed by atoms with E-state index in [4.69, 9.17) is 0 Å². The standard InChI is InChI=1S/C19H13F3N2O3S/c20-19(21,22)27-14-7-5-13(6-8-14)23-18(26)15-3-1-2-4-16(15)24-17(25)12-9-10-28-11-12/h1-11H,(H,23,26)(H,24,25). The number of hydrogen-bond donors (Lipinski definition) is 2. The van der Waals surface area contributed by atoms with Crippen molar-refractivity contribution in [3.8, 4) is 5.75 Å². The summed E-state index contributed by atoms with van der Waals surface area (Å²) in [6.45, 7) is 0. The summed E-state index contributed by atoms with van der Waals surface area (Å²) in [6.07, 6.45) is -4.79. The van der Waals surface area contributed by atoms with Crippen LogP contribution in [0.1, 0.15) is 20.7 Å².